The van der Waals surface area contributed by atoms with E-state index in [1.165, 1.54) is 12.8 Å². The average molecular weight is 331 g/mol. The van der Waals surface area contributed by atoms with Crippen molar-refractivity contribution in [3.05, 3.63) is 29.8 Å². The summed E-state index contributed by atoms with van der Waals surface area (Å²) in [5, 5.41) is 5.66. The van der Waals surface area contributed by atoms with Crippen LogP contribution in [0.1, 0.15) is 49.9 Å². The molecule has 2 amide bonds. The quantitative estimate of drug-likeness (QED) is 0.842. The number of hydrogen-bond donors (Lipinski definition) is 2. The second kappa shape index (κ2) is 8.83. The van der Waals surface area contributed by atoms with Gasteiger partial charge >= 0.3 is 0 Å². The summed E-state index contributed by atoms with van der Waals surface area (Å²) in [7, 11) is 2.02. The monoisotopic (exact) mass is 331 g/mol. The first-order chi connectivity index (χ1) is 11.5. The third-order valence-corrected chi connectivity index (χ3v) is 4.75. The van der Waals surface area contributed by atoms with Crippen molar-refractivity contribution in [3.63, 3.8) is 0 Å². The van der Waals surface area contributed by atoms with E-state index in [2.05, 4.69) is 22.5 Å². The van der Waals surface area contributed by atoms with Crippen LogP contribution in [0.25, 0.3) is 0 Å². The van der Waals surface area contributed by atoms with Crippen molar-refractivity contribution in [3.8, 4) is 0 Å². The predicted molar refractivity (Wildman–Crippen MR) is 97.1 cm³/mol. The van der Waals surface area contributed by atoms with Gasteiger partial charge in [-0.1, -0.05) is 13.0 Å². The van der Waals surface area contributed by atoms with Crippen molar-refractivity contribution in [2.24, 2.45) is 5.92 Å². The van der Waals surface area contributed by atoms with Crippen LogP contribution in [0.4, 0.5) is 5.69 Å². The fourth-order valence-corrected chi connectivity index (χ4v) is 3.24. The lowest BCUT2D eigenvalue weighted by molar-refractivity contribution is -0.117. The minimum absolute atomic E-state index is 0.0378. The molecule has 0 aliphatic heterocycles. The maximum absolute atomic E-state index is 12.3. The minimum Gasteiger partial charge on any atom is -0.352 e. The fourth-order valence-electron chi connectivity index (χ4n) is 3.24. The van der Waals surface area contributed by atoms with Crippen LogP contribution in [-0.4, -0.2) is 42.9 Å². The maximum atomic E-state index is 12.3. The first-order valence-electron chi connectivity index (χ1n) is 8.88. The van der Waals surface area contributed by atoms with Gasteiger partial charge in [-0.3, -0.25) is 14.5 Å². The highest BCUT2D eigenvalue weighted by atomic mass is 16.2. The van der Waals surface area contributed by atoms with Gasteiger partial charge in [-0.05, 0) is 63.8 Å². The summed E-state index contributed by atoms with van der Waals surface area (Å²) in [5.41, 5.74) is 1.22. The molecule has 0 atom stereocenters. The zero-order chi connectivity index (χ0) is 17.5. The fraction of sp³-hybridized carbons (Fsp3) is 0.579. The Hall–Kier alpha value is -1.88. The van der Waals surface area contributed by atoms with Crippen LogP contribution in [0.15, 0.2) is 24.3 Å². The molecule has 0 saturated heterocycles. The Morgan fingerprint density at radius 2 is 1.92 bits per heavy atom. The summed E-state index contributed by atoms with van der Waals surface area (Å²) in [5.74, 6) is 0.645. The summed E-state index contributed by atoms with van der Waals surface area (Å²) in [6.07, 6.45) is 4.81. The van der Waals surface area contributed by atoms with Gasteiger partial charge < -0.3 is 10.6 Å². The second-order valence-corrected chi connectivity index (χ2v) is 6.82. The Bertz CT molecular complexity index is 565. The first-order valence-corrected chi connectivity index (χ1v) is 8.88. The van der Waals surface area contributed by atoms with Gasteiger partial charge in [0.2, 0.25) is 5.91 Å². The van der Waals surface area contributed by atoms with Gasteiger partial charge in [0.15, 0.2) is 0 Å². The largest absolute Gasteiger partial charge is 0.352 e. The van der Waals surface area contributed by atoms with E-state index < -0.39 is 0 Å². The number of benzene rings is 1. The molecular weight excluding hydrogens is 302 g/mol. The third-order valence-electron chi connectivity index (χ3n) is 4.75. The lowest BCUT2D eigenvalue weighted by Crippen LogP contribution is -2.39. The molecule has 0 radical (unpaired) electrons. The molecule has 2 N–H and O–H groups in total. The molecule has 0 heterocycles. The Morgan fingerprint density at radius 3 is 2.58 bits per heavy atom. The first kappa shape index (κ1) is 18.5. The van der Waals surface area contributed by atoms with E-state index in [9.17, 15) is 9.59 Å². The molecule has 0 unspecified atom stereocenters. The third kappa shape index (κ3) is 5.34. The van der Waals surface area contributed by atoms with Crippen LogP contribution in [-0.2, 0) is 4.79 Å². The average Bonchev–Trinajstić information content (AvgIpc) is 2.55. The number of hydrogen-bond acceptors (Lipinski definition) is 3. The highest BCUT2D eigenvalue weighted by Crippen LogP contribution is 2.26. The number of nitrogens with one attached hydrogen (secondary N) is 2. The molecule has 5 heteroatoms. The molecule has 24 heavy (non-hydrogen) atoms. The van der Waals surface area contributed by atoms with E-state index in [1.807, 2.05) is 20.0 Å². The van der Waals surface area contributed by atoms with Crippen LogP contribution in [0.2, 0.25) is 0 Å². The van der Waals surface area contributed by atoms with Gasteiger partial charge in [0.05, 0.1) is 6.54 Å². The molecule has 1 fully saturated rings. The Balaban J connectivity index is 1.87. The predicted octanol–water partition coefficient (Wildman–Crippen LogP) is 2.89. The number of rotatable bonds is 6. The smallest absolute Gasteiger partial charge is 0.251 e. The summed E-state index contributed by atoms with van der Waals surface area (Å²) in [6.45, 7) is 5.14. The van der Waals surface area contributed by atoms with E-state index in [4.69, 9.17) is 0 Å². The molecule has 0 bridgehead atoms. The highest BCUT2D eigenvalue weighted by molar-refractivity contribution is 5.97. The number of likely N-dealkylation sites (N-methyl/N-ethyl adjacent to an activating group) is 1. The summed E-state index contributed by atoms with van der Waals surface area (Å²) < 4.78 is 0. The van der Waals surface area contributed by atoms with Crippen LogP contribution in [0.5, 0.6) is 0 Å². The molecule has 1 aromatic carbocycles. The van der Waals surface area contributed by atoms with Crippen molar-refractivity contribution < 1.29 is 9.59 Å². The molecular formula is C19H29N3O2. The number of amides is 2. The Kier molecular flexibility index (Phi) is 6.79. The SMILES string of the molecule is CCNC(=O)c1cccc(NC(=O)CN(C)C2CCC(C)CC2)c1. The van der Waals surface area contributed by atoms with Crippen LogP contribution < -0.4 is 10.6 Å². The van der Waals surface area contributed by atoms with Crippen LogP contribution >= 0.6 is 0 Å². The van der Waals surface area contributed by atoms with Gasteiger partial charge in [0.1, 0.15) is 0 Å². The van der Waals surface area contributed by atoms with Crippen molar-refractivity contribution in [1.82, 2.24) is 10.2 Å². The summed E-state index contributed by atoms with van der Waals surface area (Å²) in [6, 6.07) is 7.55. The van der Waals surface area contributed by atoms with E-state index in [-0.39, 0.29) is 11.8 Å². The zero-order valence-corrected chi connectivity index (χ0v) is 15.0. The number of carbonyl (C=O) groups is 2. The molecule has 2 rings (SSSR count). The standard InChI is InChI=1S/C19H29N3O2/c1-4-20-19(24)15-6-5-7-16(12-15)21-18(23)13-22(3)17-10-8-14(2)9-11-17/h5-7,12,14,17H,4,8-11,13H2,1-3H3,(H,20,24)(H,21,23). The normalized spacial score (nSPS) is 20.7. The van der Waals surface area contributed by atoms with Crippen molar-refractivity contribution >= 4 is 17.5 Å². The number of anilines is 1. The van der Waals surface area contributed by atoms with Gasteiger partial charge in [0.25, 0.3) is 5.91 Å². The second-order valence-electron chi connectivity index (χ2n) is 6.82. The van der Waals surface area contributed by atoms with Crippen LogP contribution in [0.3, 0.4) is 0 Å². The molecule has 0 spiro atoms. The van der Waals surface area contributed by atoms with Crippen molar-refractivity contribution in [1.29, 1.82) is 0 Å². The molecule has 1 aromatic rings. The summed E-state index contributed by atoms with van der Waals surface area (Å²) >= 11 is 0. The van der Waals surface area contributed by atoms with E-state index in [0.717, 1.165) is 18.8 Å². The van der Waals surface area contributed by atoms with E-state index in [1.54, 1.807) is 18.2 Å². The molecule has 132 valence electrons. The number of nitrogens with zero attached hydrogens (tertiary/aromatic N) is 1. The van der Waals surface area contributed by atoms with Gasteiger partial charge in [-0.2, -0.15) is 0 Å². The summed E-state index contributed by atoms with van der Waals surface area (Å²) in [4.78, 5) is 26.3. The topological polar surface area (TPSA) is 61.4 Å². The minimum atomic E-state index is -0.123. The number of carbonyl (C=O) groups excluding carboxylic acids is 2. The van der Waals surface area contributed by atoms with E-state index >= 15 is 0 Å². The molecule has 1 saturated carbocycles. The van der Waals surface area contributed by atoms with Gasteiger partial charge in [-0.15, -0.1) is 0 Å². The van der Waals surface area contributed by atoms with Crippen molar-refractivity contribution in [2.75, 3.05) is 25.5 Å². The zero-order valence-electron chi connectivity index (χ0n) is 15.0. The van der Waals surface area contributed by atoms with Crippen LogP contribution in [0, 0.1) is 5.92 Å². The molecule has 1 aliphatic rings. The lowest BCUT2D eigenvalue weighted by Gasteiger charge is -2.33. The van der Waals surface area contributed by atoms with Gasteiger partial charge in [0, 0.05) is 23.8 Å². The maximum Gasteiger partial charge on any atom is 0.251 e. The van der Waals surface area contributed by atoms with E-state index in [0.29, 0.717) is 30.4 Å². The van der Waals surface area contributed by atoms with Gasteiger partial charge in [-0.25, -0.2) is 0 Å². The Morgan fingerprint density at radius 1 is 1.21 bits per heavy atom. The van der Waals surface area contributed by atoms with Crippen molar-refractivity contribution in [2.45, 2.75) is 45.6 Å². The highest BCUT2D eigenvalue weighted by Gasteiger charge is 2.22. The molecule has 5 nitrogen and oxygen atoms in total. The molecule has 1 aliphatic carbocycles. The molecule has 0 aromatic heterocycles. The Labute approximate surface area is 144 Å². The lowest BCUT2D eigenvalue weighted by atomic mass is 9.87.